The molecular formula is C18H17BrN4O3. The van der Waals surface area contributed by atoms with E-state index < -0.39 is 11.6 Å². The van der Waals surface area contributed by atoms with Gasteiger partial charge in [-0.1, -0.05) is 0 Å². The molecule has 26 heavy (non-hydrogen) atoms. The number of ether oxygens (including phenoxy) is 1. The molecule has 0 saturated carbocycles. The minimum atomic E-state index is -0.573. The molecule has 2 aromatic rings. The van der Waals surface area contributed by atoms with Gasteiger partial charge in [0.1, 0.15) is 15.9 Å². The van der Waals surface area contributed by atoms with Gasteiger partial charge >= 0.3 is 5.97 Å². The van der Waals surface area contributed by atoms with Crippen molar-refractivity contribution in [1.82, 2.24) is 15.0 Å². The fourth-order valence-electron chi connectivity index (χ4n) is 2.30. The van der Waals surface area contributed by atoms with Crippen molar-refractivity contribution >= 4 is 34.0 Å². The van der Waals surface area contributed by atoms with E-state index in [1.54, 1.807) is 51.2 Å². The average Bonchev–Trinajstić information content (AvgIpc) is 2.59. The first kappa shape index (κ1) is 18.2. The van der Waals surface area contributed by atoms with Crippen molar-refractivity contribution in [2.75, 3.05) is 0 Å². The van der Waals surface area contributed by atoms with Crippen LogP contribution >= 0.6 is 15.9 Å². The van der Waals surface area contributed by atoms with E-state index in [4.69, 9.17) is 4.74 Å². The fraction of sp³-hybridized carbons (Fsp3) is 0.278. The topological polar surface area (TPSA) is 84.8 Å². The summed E-state index contributed by atoms with van der Waals surface area (Å²) in [5, 5.41) is 5.44. The third kappa shape index (κ3) is 4.13. The highest BCUT2D eigenvalue weighted by Gasteiger charge is 2.23. The van der Waals surface area contributed by atoms with Crippen LogP contribution in [0.3, 0.4) is 0 Å². The largest absolute Gasteiger partial charge is 0.456 e. The Morgan fingerprint density at radius 2 is 1.81 bits per heavy atom. The van der Waals surface area contributed by atoms with Crippen molar-refractivity contribution < 1.29 is 14.3 Å². The average molecular weight is 417 g/mol. The summed E-state index contributed by atoms with van der Waals surface area (Å²) in [5.41, 5.74) is 1.53. The Balaban J connectivity index is 1.74. The molecule has 7 nitrogen and oxygen atoms in total. The molecular weight excluding hydrogens is 400 g/mol. The highest BCUT2D eigenvalue weighted by Crippen LogP contribution is 2.18. The van der Waals surface area contributed by atoms with Gasteiger partial charge in [-0.2, -0.15) is 5.10 Å². The number of carbonyl (C=O) groups is 2. The lowest BCUT2D eigenvalue weighted by Gasteiger charge is -2.21. The smallest absolute Gasteiger partial charge is 0.338 e. The number of nitrogens with zero attached hydrogens (tertiary/aromatic N) is 4. The molecule has 0 unspecified atom stereocenters. The Bertz CT molecular complexity index is 888. The van der Waals surface area contributed by atoms with Gasteiger partial charge in [0.05, 0.1) is 30.2 Å². The van der Waals surface area contributed by atoms with Crippen molar-refractivity contribution in [1.29, 1.82) is 0 Å². The van der Waals surface area contributed by atoms with Crippen LogP contribution < -0.4 is 0 Å². The number of benzene rings is 1. The molecule has 0 radical (unpaired) electrons. The first-order valence-electron chi connectivity index (χ1n) is 7.93. The molecule has 1 aliphatic rings. The molecule has 3 rings (SSSR count). The molecule has 0 saturated heterocycles. The third-order valence-corrected chi connectivity index (χ3v) is 3.85. The highest BCUT2D eigenvalue weighted by atomic mass is 79.9. The van der Waals surface area contributed by atoms with Crippen LogP contribution in [0.4, 0.5) is 0 Å². The number of amides is 1. The zero-order valence-electron chi connectivity index (χ0n) is 14.6. The van der Waals surface area contributed by atoms with Crippen molar-refractivity contribution in [2.45, 2.75) is 32.9 Å². The van der Waals surface area contributed by atoms with Gasteiger partial charge in [0, 0.05) is 5.56 Å². The zero-order valence-corrected chi connectivity index (χ0v) is 16.1. The molecule has 134 valence electrons. The summed E-state index contributed by atoms with van der Waals surface area (Å²) < 4.78 is 5.91. The van der Waals surface area contributed by atoms with Crippen molar-refractivity contribution in [2.24, 2.45) is 5.10 Å². The van der Waals surface area contributed by atoms with Gasteiger partial charge in [-0.3, -0.25) is 9.78 Å². The van der Waals surface area contributed by atoms with Gasteiger partial charge in [0.2, 0.25) is 0 Å². The van der Waals surface area contributed by atoms with Crippen molar-refractivity contribution in [3.8, 4) is 0 Å². The monoisotopic (exact) mass is 416 g/mol. The maximum Gasteiger partial charge on any atom is 0.338 e. The second kappa shape index (κ2) is 6.95. The first-order valence-corrected chi connectivity index (χ1v) is 8.73. The number of hydrogen-bond acceptors (Lipinski definition) is 6. The molecule has 1 aromatic carbocycles. The summed E-state index contributed by atoms with van der Waals surface area (Å²) in [7, 11) is 0. The van der Waals surface area contributed by atoms with E-state index in [1.807, 2.05) is 0 Å². The Kier molecular flexibility index (Phi) is 4.86. The molecule has 0 N–H and O–H groups in total. The lowest BCUT2D eigenvalue weighted by Crippen LogP contribution is -2.30. The SMILES string of the molecule is CC(C)(C)OC(=O)c1ccc(C(=O)N2Cc3nc(Br)cnc3C=N2)cc1. The van der Waals surface area contributed by atoms with Crippen LogP contribution in [0, 0.1) is 0 Å². The van der Waals surface area contributed by atoms with E-state index in [-0.39, 0.29) is 12.5 Å². The predicted molar refractivity (Wildman–Crippen MR) is 98.8 cm³/mol. The van der Waals surface area contributed by atoms with Crippen LogP contribution in [0.5, 0.6) is 0 Å². The maximum absolute atomic E-state index is 12.6. The fourth-order valence-corrected chi connectivity index (χ4v) is 2.62. The number of carbonyl (C=O) groups excluding carboxylic acids is 2. The van der Waals surface area contributed by atoms with E-state index in [1.165, 1.54) is 11.2 Å². The second-order valence-corrected chi connectivity index (χ2v) is 7.52. The van der Waals surface area contributed by atoms with E-state index in [9.17, 15) is 9.59 Å². The molecule has 0 fully saturated rings. The molecule has 0 bridgehead atoms. The Morgan fingerprint density at radius 1 is 1.15 bits per heavy atom. The van der Waals surface area contributed by atoms with Crippen LogP contribution in [0.2, 0.25) is 0 Å². The van der Waals surface area contributed by atoms with E-state index in [2.05, 4.69) is 31.0 Å². The molecule has 0 spiro atoms. The molecule has 8 heteroatoms. The van der Waals surface area contributed by atoms with Crippen molar-refractivity contribution in [3.63, 3.8) is 0 Å². The number of hydrogen-bond donors (Lipinski definition) is 0. The minimum absolute atomic E-state index is 0.227. The van der Waals surface area contributed by atoms with Crippen LogP contribution in [-0.4, -0.2) is 38.7 Å². The van der Waals surface area contributed by atoms with Gasteiger partial charge < -0.3 is 4.74 Å². The first-order chi connectivity index (χ1) is 12.2. The third-order valence-electron chi connectivity index (χ3n) is 3.47. The number of aromatic nitrogens is 2. The standard InChI is InChI=1S/C18H17BrN4O3/c1-18(2,3)26-17(25)12-6-4-11(5-7-12)16(24)23-10-14-13(8-21-23)20-9-15(19)22-14/h4-9H,10H2,1-3H3. The summed E-state index contributed by atoms with van der Waals surface area (Å²) in [6, 6.07) is 6.30. The van der Waals surface area contributed by atoms with Gasteiger partial charge in [0.25, 0.3) is 5.91 Å². The van der Waals surface area contributed by atoms with Crippen LogP contribution in [0.25, 0.3) is 0 Å². The number of halogens is 1. The second-order valence-electron chi connectivity index (χ2n) is 6.71. The van der Waals surface area contributed by atoms with Gasteiger partial charge in [0.15, 0.2) is 0 Å². The van der Waals surface area contributed by atoms with Crippen LogP contribution in [-0.2, 0) is 11.3 Å². The minimum Gasteiger partial charge on any atom is -0.456 e. The Morgan fingerprint density at radius 3 is 2.46 bits per heavy atom. The quantitative estimate of drug-likeness (QED) is 0.701. The maximum atomic E-state index is 12.6. The molecule has 0 aliphatic carbocycles. The van der Waals surface area contributed by atoms with Crippen LogP contribution in [0.1, 0.15) is 52.9 Å². The van der Waals surface area contributed by atoms with Crippen LogP contribution in [0.15, 0.2) is 40.2 Å². The number of fused-ring (bicyclic) bond motifs is 1. The van der Waals surface area contributed by atoms with E-state index in [0.29, 0.717) is 27.1 Å². The summed E-state index contributed by atoms with van der Waals surface area (Å²) in [6.07, 6.45) is 3.09. The number of rotatable bonds is 2. The summed E-state index contributed by atoms with van der Waals surface area (Å²) in [4.78, 5) is 33.2. The van der Waals surface area contributed by atoms with E-state index in [0.717, 1.165) is 0 Å². The van der Waals surface area contributed by atoms with E-state index >= 15 is 0 Å². The molecule has 1 aliphatic heterocycles. The van der Waals surface area contributed by atoms with Gasteiger partial charge in [-0.15, -0.1) is 0 Å². The summed E-state index contributed by atoms with van der Waals surface area (Å²) >= 11 is 3.27. The summed E-state index contributed by atoms with van der Waals surface area (Å²) in [6.45, 7) is 5.63. The van der Waals surface area contributed by atoms with Crippen molar-refractivity contribution in [3.05, 3.63) is 57.6 Å². The molecule has 0 atom stereocenters. The highest BCUT2D eigenvalue weighted by molar-refractivity contribution is 9.10. The number of esters is 1. The predicted octanol–water partition coefficient (Wildman–Crippen LogP) is 3.18. The zero-order chi connectivity index (χ0) is 18.9. The number of hydrazone groups is 1. The molecule has 1 amide bonds. The Labute approximate surface area is 159 Å². The summed E-state index contributed by atoms with van der Waals surface area (Å²) in [5.74, 6) is -0.717. The lowest BCUT2D eigenvalue weighted by atomic mass is 10.1. The molecule has 2 heterocycles. The molecule has 1 aromatic heterocycles. The Hall–Kier alpha value is -2.61. The normalized spacial score (nSPS) is 13.3. The van der Waals surface area contributed by atoms with Gasteiger partial charge in [-0.25, -0.2) is 14.8 Å². The lowest BCUT2D eigenvalue weighted by molar-refractivity contribution is 0.00693. The van der Waals surface area contributed by atoms with Gasteiger partial charge in [-0.05, 0) is 61.0 Å².